The van der Waals surface area contributed by atoms with E-state index in [1.807, 2.05) is 0 Å². The molecule has 114 valence electrons. The van der Waals surface area contributed by atoms with E-state index < -0.39 is 0 Å². The van der Waals surface area contributed by atoms with Crippen molar-refractivity contribution in [3.05, 3.63) is 94.7 Å². The number of rotatable bonds is 3. The van der Waals surface area contributed by atoms with Crippen LogP contribution in [0.5, 0.6) is 0 Å². The van der Waals surface area contributed by atoms with Crippen molar-refractivity contribution in [1.82, 2.24) is 0 Å². The zero-order valence-electron chi connectivity index (χ0n) is 14.0. The van der Waals surface area contributed by atoms with Gasteiger partial charge in [0.25, 0.3) is 0 Å². The van der Waals surface area contributed by atoms with Gasteiger partial charge in [-0.25, -0.2) is 0 Å². The van der Waals surface area contributed by atoms with E-state index in [1.165, 1.54) is 34.3 Å². The van der Waals surface area contributed by atoms with Gasteiger partial charge in [-0.2, -0.15) is 0 Å². The third-order valence-corrected chi connectivity index (χ3v) is 3.97. The lowest BCUT2D eigenvalue weighted by Gasteiger charge is -2.09. The first kappa shape index (κ1) is 16.3. The van der Waals surface area contributed by atoms with Gasteiger partial charge in [-0.3, -0.25) is 0 Å². The standard InChI is InChI=1S/C22H26/c1-4-5-6-14-21-16-20-13-9-10-15-22(17-20)19(3)12-8-7-11-18(21)2/h6-16H,4-5,17H2,1-3H3/b8-7?,11-7?,12-8?,14-6+,18-11?,19-12?,20-16?,21-16?,21-18?,22-19?. The molecule has 22 heavy (non-hydrogen) atoms. The molecule has 0 aromatic carbocycles. The molecular formula is C22H26. The number of allylic oxidation sites excluding steroid dienone is 16. The summed E-state index contributed by atoms with van der Waals surface area (Å²) in [6.45, 7) is 6.59. The molecule has 2 aliphatic rings. The summed E-state index contributed by atoms with van der Waals surface area (Å²) in [6, 6.07) is 0. The first-order chi connectivity index (χ1) is 10.7. The SMILES string of the molecule is CCC/C=C/C1=CC2=CC=CC=C(C2)C(C)=CC=CC=C1C. The van der Waals surface area contributed by atoms with Crippen LogP contribution >= 0.6 is 0 Å². The van der Waals surface area contributed by atoms with Crippen molar-refractivity contribution in [3.8, 4) is 0 Å². The summed E-state index contributed by atoms with van der Waals surface area (Å²) in [5, 5.41) is 0. The predicted octanol–water partition coefficient (Wildman–Crippen LogP) is 6.54. The Hall–Kier alpha value is -2.08. The van der Waals surface area contributed by atoms with Crippen molar-refractivity contribution in [2.45, 2.75) is 40.0 Å². The first-order valence-corrected chi connectivity index (χ1v) is 8.18. The highest BCUT2D eigenvalue weighted by Gasteiger charge is 2.06. The van der Waals surface area contributed by atoms with E-state index in [1.54, 1.807) is 0 Å². The summed E-state index contributed by atoms with van der Waals surface area (Å²) in [7, 11) is 0. The third-order valence-electron chi connectivity index (χ3n) is 3.97. The molecule has 0 aromatic heterocycles. The van der Waals surface area contributed by atoms with Crippen LogP contribution in [0.4, 0.5) is 0 Å². The average Bonchev–Trinajstić information content (AvgIpc) is 2.76. The van der Waals surface area contributed by atoms with Gasteiger partial charge in [-0.15, -0.1) is 0 Å². The molecule has 0 heteroatoms. The molecule has 0 spiro atoms. The normalized spacial score (nSPS) is 18.8. The lowest BCUT2D eigenvalue weighted by atomic mass is 9.96. The molecule has 2 bridgehead atoms. The molecule has 2 aliphatic carbocycles. The van der Waals surface area contributed by atoms with E-state index in [0.29, 0.717) is 0 Å². The number of hydrogen-bond acceptors (Lipinski definition) is 0. The second-order valence-corrected chi connectivity index (χ2v) is 5.87. The fourth-order valence-corrected chi connectivity index (χ4v) is 2.53. The Morgan fingerprint density at radius 1 is 0.909 bits per heavy atom. The highest BCUT2D eigenvalue weighted by molar-refractivity contribution is 5.50. The summed E-state index contributed by atoms with van der Waals surface area (Å²) >= 11 is 0. The Morgan fingerprint density at radius 2 is 1.59 bits per heavy atom. The van der Waals surface area contributed by atoms with Crippen LogP contribution in [0.15, 0.2) is 94.7 Å². The van der Waals surface area contributed by atoms with Gasteiger partial charge in [0.1, 0.15) is 0 Å². The molecule has 0 nitrogen and oxygen atoms in total. The highest BCUT2D eigenvalue weighted by Crippen LogP contribution is 2.25. The van der Waals surface area contributed by atoms with Gasteiger partial charge < -0.3 is 0 Å². The Balaban J connectivity index is 2.44. The van der Waals surface area contributed by atoms with Crippen LogP contribution in [-0.4, -0.2) is 0 Å². The number of hydrogen-bond donors (Lipinski definition) is 0. The molecule has 0 aliphatic heterocycles. The Labute approximate surface area is 135 Å². The Kier molecular flexibility index (Phi) is 6.21. The maximum atomic E-state index is 2.33. The fraction of sp³-hybridized carbons (Fsp3) is 0.273. The molecule has 2 rings (SSSR count). The molecule has 0 unspecified atom stereocenters. The van der Waals surface area contributed by atoms with Crippen molar-refractivity contribution >= 4 is 0 Å². The van der Waals surface area contributed by atoms with Crippen molar-refractivity contribution in [3.63, 3.8) is 0 Å². The van der Waals surface area contributed by atoms with Crippen LogP contribution in [0.1, 0.15) is 40.0 Å². The summed E-state index contributed by atoms with van der Waals surface area (Å²) in [5.41, 5.74) is 6.68. The van der Waals surface area contributed by atoms with Crippen LogP contribution in [0.25, 0.3) is 0 Å². The minimum Gasteiger partial charge on any atom is -0.0839 e. The summed E-state index contributed by atoms with van der Waals surface area (Å²) < 4.78 is 0. The molecule has 0 saturated carbocycles. The molecule has 0 N–H and O–H groups in total. The fourth-order valence-electron chi connectivity index (χ4n) is 2.53. The predicted molar refractivity (Wildman–Crippen MR) is 98.7 cm³/mol. The first-order valence-electron chi connectivity index (χ1n) is 8.18. The zero-order valence-corrected chi connectivity index (χ0v) is 14.0. The van der Waals surface area contributed by atoms with E-state index in [2.05, 4.69) is 87.6 Å². The zero-order chi connectivity index (χ0) is 15.8. The summed E-state index contributed by atoms with van der Waals surface area (Å²) in [4.78, 5) is 0. The average molecular weight is 290 g/mol. The minimum atomic E-state index is 0.988. The smallest absolute Gasteiger partial charge is 0.00229 e. The lowest BCUT2D eigenvalue weighted by Crippen LogP contribution is -1.90. The maximum absolute atomic E-state index is 2.33. The van der Waals surface area contributed by atoms with Gasteiger partial charge in [-0.1, -0.05) is 80.2 Å². The lowest BCUT2D eigenvalue weighted by molar-refractivity contribution is 0.957. The maximum Gasteiger partial charge on any atom is -0.00229 e. The van der Waals surface area contributed by atoms with Crippen molar-refractivity contribution in [2.75, 3.05) is 0 Å². The van der Waals surface area contributed by atoms with Gasteiger partial charge in [-0.05, 0) is 54.6 Å². The molecule has 0 saturated heterocycles. The highest BCUT2D eigenvalue weighted by atomic mass is 14.1. The molecule has 0 heterocycles. The van der Waals surface area contributed by atoms with Crippen LogP contribution in [0.3, 0.4) is 0 Å². The third kappa shape index (κ3) is 4.73. The largest absolute Gasteiger partial charge is 0.0839 e. The van der Waals surface area contributed by atoms with Crippen molar-refractivity contribution in [1.29, 1.82) is 0 Å². The van der Waals surface area contributed by atoms with Crippen molar-refractivity contribution in [2.24, 2.45) is 0 Å². The quantitative estimate of drug-likeness (QED) is 0.553. The van der Waals surface area contributed by atoms with E-state index >= 15 is 0 Å². The molecular weight excluding hydrogens is 264 g/mol. The second-order valence-electron chi connectivity index (χ2n) is 5.87. The molecule has 0 fully saturated rings. The van der Waals surface area contributed by atoms with Crippen LogP contribution in [-0.2, 0) is 0 Å². The van der Waals surface area contributed by atoms with E-state index in [0.717, 1.165) is 12.8 Å². The second kappa shape index (κ2) is 8.38. The van der Waals surface area contributed by atoms with Gasteiger partial charge in [0.15, 0.2) is 0 Å². The number of unbranched alkanes of at least 4 members (excludes halogenated alkanes) is 1. The van der Waals surface area contributed by atoms with Gasteiger partial charge in [0, 0.05) is 0 Å². The van der Waals surface area contributed by atoms with Crippen LogP contribution in [0.2, 0.25) is 0 Å². The Bertz CT molecular complexity index is 638. The molecule has 0 amide bonds. The molecule has 0 atom stereocenters. The van der Waals surface area contributed by atoms with Gasteiger partial charge >= 0.3 is 0 Å². The Morgan fingerprint density at radius 3 is 2.36 bits per heavy atom. The topological polar surface area (TPSA) is 0 Å². The van der Waals surface area contributed by atoms with E-state index in [-0.39, 0.29) is 0 Å². The molecule has 0 aromatic rings. The van der Waals surface area contributed by atoms with Crippen molar-refractivity contribution < 1.29 is 0 Å². The van der Waals surface area contributed by atoms with Crippen LogP contribution < -0.4 is 0 Å². The summed E-state index contributed by atoms with van der Waals surface area (Å²) in [6.07, 6.45) is 27.6. The van der Waals surface area contributed by atoms with Gasteiger partial charge in [0.2, 0.25) is 0 Å². The van der Waals surface area contributed by atoms with Gasteiger partial charge in [0.05, 0.1) is 0 Å². The monoisotopic (exact) mass is 290 g/mol. The van der Waals surface area contributed by atoms with E-state index in [4.69, 9.17) is 0 Å². The van der Waals surface area contributed by atoms with Crippen LogP contribution in [0, 0.1) is 0 Å². The molecule has 0 radical (unpaired) electrons. The minimum absolute atomic E-state index is 0.988. The number of fused-ring (bicyclic) bond motifs is 2. The summed E-state index contributed by atoms with van der Waals surface area (Å²) in [5.74, 6) is 0. The van der Waals surface area contributed by atoms with E-state index in [9.17, 15) is 0 Å².